The van der Waals surface area contributed by atoms with Gasteiger partial charge in [0.2, 0.25) is 5.95 Å². The molecule has 2 aliphatic rings. The molecule has 0 radical (unpaired) electrons. The number of nitrogens with one attached hydrogen (secondary N) is 3. The normalized spacial score (nSPS) is 19.5. The van der Waals surface area contributed by atoms with Gasteiger partial charge in [-0.15, -0.1) is 0 Å². The lowest BCUT2D eigenvalue weighted by Crippen LogP contribution is -2.45. The van der Waals surface area contributed by atoms with E-state index in [9.17, 15) is 4.79 Å². The number of aromatic nitrogens is 4. The number of benzene rings is 1. The monoisotopic (exact) mass is 529 g/mol. The van der Waals surface area contributed by atoms with E-state index >= 15 is 0 Å². The van der Waals surface area contributed by atoms with E-state index in [1.807, 2.05) is 33.8 Å². The van der Waals surface area contributed by atoms with Crippen molar-refractivity contribution in [2.45, 2.75) is 46.2 Å². The van der Waals surface area contributed by atoms with Crippen LogP contribution in [0.2, 0.25) is 0 Å². The van der Waals surface area contributed by atoms with Crippen molar-refractivity contribution in [2.75, 3.05) is 36.1 Å². The van der Waals surface area contributed by atoms with Gasteiger partial charge in [-0.25, -0.2) is 15.0 Å². The van der Waals surface area contributed by atoms with Crippen molar-refractivity contribution in [3.8, 4) is 0 Å². The van der Waals surface area contributed by atoms with Crippen molar-refractivity contribution in [3.63, 3.8) is 0 Å². The Bertz CT molecular complexity index is 1490. The summed E-state index contributed by atoms with van der Waals surface area (Å²) in [5.41, 5.74) is 15.2. The van der Waals surface area contributed by atoms with Crippen molar-refractivity contribution in [3.05, 3.63) is 47.6 Å². The lowest BCUT2D eigenvalue weighted by molar-refractivity contribution is 0.0965. The minimum Gasteiger partial charge on any atom is -0.385 e. The zero-order valence-electron chi connectivity index (χ0n) is 22.9. The predicted octanol–water partition coefficient (Wildman–Crippen LogP) is 2.54. The highest BCUT2D eigenvalue weighted by Gasteiger charge is 2.42. The van der Waals surface area contributed by atoms with E-state index in [2.05, 4.69) is 42.4 Å². The third-order valence-corrected chi connectivity index (χ3v) is 7.39. The number of hydrogen-bond donors (Lipinski definition) is 5. The van der Waals surface area contributed by atoms with Gasteiger partial charge in [0, 0.05) is 47.6 Å². The zero-order chi connectivity index (χ0) is 28.1. The van der Waals surface area contributed by atoms with E-state index in [-0.39, 0.29) is 17.1 Å². The van der Waals surface area contributed by atoms with E-state index in [0.29, 0.717) is 57.7 Å². The summed E-state index contributed by atoms with van der Waals surface area (Å²) in [6.07, 6.45) is 3.96. The van der Waals surface area contributed by atoms with Gasteiger partial charge in [0.1, 0.15) is 23.2 Å². The molecule has 0 unspecified atom stereocenters. The summed E-state index contributed by atoms with van der Waals surface area (Å²) >= 11 is 0. The number of piperazine rings is 1. The third-order valence-electron chi connectivity index (χ3n) is 7.39. The summed E-state index contributed by atoms with van der Waals surface area (Å²) in [5, 5.41) is 14.1. The van der Waals surface area contributed by atoms with Crippen LogP contribution in [0.4, 0.5) is 23.3 Å². The van der Waals surface area contributed by atoms with E-state index in [1.54, 1.807) is 12.1 Å². The van der Waals surface area contributed by atoms with Gasteiger partial charge in [-0.2, -0.15) is 4.98 Å². The standard InChI is InChI=1S/C27H35N11O/c1-14-6-7-15(25(39)34-20(29)10-19(28)27(2,3)4)8-18(14)33-24-22-21(31-13-32-24)23(30)36-26(35-22)38-12-16-9-17(38)11-37(16)5/h6-8,10,13,16-17,28H,9,11-12,29H2,1-5H3,(H,34,39)(H2,30,35,36)(H,31,32,33)/b20-10+,28-19?/t16-,17-/m1/s1. The summed E-state index contributed by atoms with van der Waals surface area (Å²) in [5.74, 6) is 1.06. The zero-order valence-corrected chi connectivity index (χ0v) is 22.9. The number of carbonyl (C=O) groups is 1. The number of fused-ring (bicyclic) bond motifs is 3. The minimum atomic E-state index is -0.385. The van der Waals surface area contributed by atoms with E-state index in [0.717, 1.165) is 25.1 Å². The van der Waals surface area contributed by atoms with Crippen LogP contribution < -0.4 is 27.0 Å². The number of rotatable bonds is 6. The predicted molar refractivity (Wildman–Crippen MR) is 153 cm³/mol. The molecule has 2 saturated heterocycles. The van der Waals surface area contributed by atoms with Gasteiger partial charge in [0.15, 0.2) is 11.6 Å². The lowest BCUT2D eigenvalue weighted by atomic mass is 9.90. The number of nitrogens with two attached hydrogens (primary N) is 2. The molecule has 12 nitrogen and oxygen atoms in total. The van der Waals surface area contributed by atoms with Gasteiger partial charge in [-0.05, 0) is 44.2 Å². The van der Waals surface area contributed by atoms with Crippen LogP contribution in [0.3, 0.4) is 0 Å². The molecule has 5 rings (SSSR count). The van der Waals surface area contributed by atoms with Crippen LogP contribution in [0, 0.1) is 17.7 Å². The number of likely N-dealkylation sites (N-methyl/N-ethyl adjacent to an activating group) is 1. The Kier molecular flexibility index (Phi) is 6.59. The van der Waals surface area contributed by atoms with E-state index in [1.165, 1.54) is 12.4 Å². The maximum Gasteiger partial charge on any atom is 0.256 e. The molecule has 12 heteroatoms. The average Bonchev–Trinajstić information content (AvgIpc) is 3.44. The molecule has 39 heavy (non-hydrogen) atoms. The number of amides is 1. The van der Waals surface area contributed by atoms with Crippen molar-refractivity contribution in [1.82, 2.24) is 30.2 Å². The number of hydrogen-bond acceptors (Lipinski definition) is 11. The van der Waals surface area contributed by atoms with Crippen LogP contribution >= 0.6 is 0 Å². The SMILES string of the molecule is Cc1ccc(C(=O)N/C(N)=C/C(=N)C(C)(C)C)cc1Nc1ncnc2c(N)nc(N3C[C@H]4C[C@@H]3CN4C)nc12. The lowest BCUT2D eigenvalue weighted by Gasteiger charge is -2.32. The van der Waals surface area contributed by atoms with E-state index < -0.39 is 0 Å². The molecular formula is C27H35N11O. The summed E-state index contributed by atoms with van der Waals surface area (Å²) in [7, 11) is 2.14. The van der Waals surface area contributed by atoms with Gasteiger partial charge in [0.25, 0.3) is 5.91 Å². The topological polar surface area (TPSA) is 175 Å². The van der Waals surface area contributed by atoms with Gasteiger partial charge in [-0.3, -0.25) is 9.69 Å². The summed E-state index contributed by atoms with van der Waals surface area (Å²) in [6.45, 7) is 9.47. The number of nitrogen functional groups attached to an aromatic ring is 1. The molecule has 1 aromatic carbocycles. The highest BCUT2D eigenvalue weighted by atomic mass is 16.1. The quantitative estimate of drug-likeness (QED) is 0.298. The van der Waals surface area contributed by atoms with Crippen LogP contribution in [0.15, 0.2) is 36.4 Å². The molecule has 0 spiro atoms. The van der Waals surface area contributed by atoms with Crippen molar-refractivity contribution in [1.29, 1.82) is 5.41 Å². The van der Waals surface area contributed by atoms with Crippen LogP contribution in [-0.4, -0.2) is 68.7 Å². The Labute approximate surface area is 227 Å². The first-order chi connectivity index (χ1) is 18.4. The molecule has 204 valence electrons. The number of anilines is 4. The molecule has 2 fully saturated rings. The fourth-order valence-corrected chi connectivity index (χ4v) is 4.93. The van der Waals surface area contributed by atoms with Crippen LogP contribution in [0.1, 0.15) is 43.1 Å². The Morgan fingerprint density at radius 1 is 1.15 bits per heavy atom. The summed E-state index contributed by atoms with van der Waals surface area (Å²) in [4.78, 5) is 35.7. The van der Waals surface area contributed by atoms with Gasteiger partial charge < -0.3 is 32.4 Å². The highest BCUT2D eigenvalue weighted by molar-refractivity contribution is 6.00. The number of carbonyl (C=O) groups excluding carboxylic acids is 1. The fourth-order valence-electron chi connectivity index (χ4n) is 4.93. The second-order valence-electron chi connectivity index (χ2n) is 11.3. The molecule has 2 atom stereocenters. The van der Waals surface area contributed by atoms with Gasteiger partial charge >= 0.3 is 0 Å². The summed E-state index contributed by atoms with van der Waals surface area (Å²) < 4.78 is 0. The van der Waals surface area contributed by atoms with Gasteiger partial charge in [-0.1, -0.05) is 26.8 Å². The van der Waals surface area contributed by atoms with Crippen LogP contribution in [0.5, 0.6) is 0 Å². The largest absolute Gasteiger partial charge is 0.385 e. The number of allylic oxidation sites excluding steroid dienone is 1. The first-order valence-corrected chi connectivity index (χ1v) is 12.9. The molecule has 0 saturated carbocycles. The molecule has 4 heterocycles. The molecule has 1 amide bonds. The minimum absolute atomic E-state index is 0.110. The molecule has 0 aliphatic carbocycles. The maximum absolute atomic E-state index is 12.9. The average molecular weight is 530 g/mol. The Hall–Kier alpha value is -4.32. The van der Waals surface area contributed by atoms with Crippen molar-refractivity contribution < 1.29 is 4.79 Å². The number of likely N-dealkylation sites (tertiary alicyclic amines) is 1. The Morgan fingerprint density at radius 2 is 1.92 bits per heavy atom. The number of nitrogens with zero attached hydrogens (tertiary/aromatic N) is 6. The molecule has 2 aromatic heterocycles. The third kappa shape index (κ3) is 5.19. The molecule has 2 bridgehead atoms. The van der Waals surface area contributed by atoms with Crippen molar-refractivity contribution >= 4 is 45.9 Å². The molecular weight excluding hydrogens is 494 g/mol. The molecule has 2 aliphatic heterocycles. The second kappa shape index (κ2) is 9.77. The van der Waals surface area contributed by atoms with Crippen molar-refractivity contribution in [2.24, 2.45) is 11.1 Å². The van der Waals surface area contributed by atoms with E-state index in [4.69, 9.17) is 21.9 Å². The fraction of sp³-hybridized carbons (Fsp3) is 0.407. The second-order valence-corrected chi connectivity index (χ2v) is 11.3. The summed E-state index contributed by atoms with van der Waals surface area (Å²) in [6, 6.07) is 6.11. The first-order valence-electron chi connectivity index (χ1n) is 12.9. The maximum atomic E-state index is 12.9. The van der Waals surface area contributed by atoms with Gasteiger partial charge in [0.05, 0.1) is 0 Å². The Balaban J connectivity index is 1.42. The molecule has 7 N–H and O–H groups in total. The molecule has 3 aromatic rings. The number of aryl methyl sites for hydroxylation is 1. The van der Waals surface area contributed by atoms with Crippen LogP contribution in [-0.2, 0) is 0 Å². The first kappa shape index (κ1) is 26.3. The smallest absolute Gasteiger partial charge is 0.256 e. The Morgan fingerprint density at radius 3 is 2.59 bits per heavy atom. The highest BCUT2D eigenvalue weighted by Crippen LogP contribution is 2.34. The van der Waals surface area contributed by atoms with Crippen LogP contribution in [0.25, 0.3) is 11.0 Å².